The summed E-state index contributed by atoms with van der Waals surface area (Å²) in [5, 5.41) is 2.48. The first-order valence-electron chi connectivity index (χ1n) is 6.49. The highest BCUT2D eigenvalue weighted by Gasteiger charge is 2.15. The molecule has 0 rings (SSSR count). The van der Waals surface area contributed by atoms with Gasteiger partial charge in [-0.25, -0.2) is 9.59 Å². The van der Waals surface area contributed by atoms with Crippen LogP contribution in [0.5, 0.6) is 0 Å². The van der Waals surface area contributed by atoms with E-state index < -0.39 is 18.4 Å². The van der Waals surface area contributed by atoms with Crippen LogP contribution in [-0.4, -0.2) is 25.0 Å². The summed E-state index contributed by atoms with van der Waals surface area (Å²) in [7, 11) is 0. The third-order valence-corrected chi connectivity index (χ3v) is 2.34. The Kier molecular flexibility index (Phi) is 9.81. The molecule has 0 fully saturated rings. The summed E-state index contributed by atoms with van der Waals surface area (Å²) >= 11 is 0. The summed E-state index contributed by atoms with van der Waals surface area (Å²) in [6, 6.07) is 0. The first-order chi connectivity index (χ1) is 8.60. The fraction of sp³-hybridized carbons (Fsp3) is 0.833. The van der Waals surface area contributed by atoms with Crippen LogP contribution in [0, 0.1) is 0 Å². The molecule has 0 aromatic rings. The highest BCUT2D eigenvalue weighted by Crippen LogP contribution is 2.03. The molecule has 6 nitrogen and oxygen atoms in total. The van der Waals surface area contributed by atoms with Gasteiger partial charge in [0.05, 0.1) is 6.61 Å². The van der Waals surface area contributed by atoms with E-state index in [1.54, 1.807) is 0 Å². The van der Waals surface area contributed by atoms with Crippen LogP contribution in [0.25, 0.3) is 0 Å². The zero-order valence-corrected chi connectivity index (χ0v) is 11.2. The average Bonchev–Trinajstić information content (AvgIpc) is 2.31. The van der Waals surface area contributed by atoms with Crippen LogP contribution in [0.3, 0.4) is 0 Å². The van der Waals surface area contributed by atoms with Gasteiger partial charge in [0.2, 0.25) is 0 Å². The molecule has 0 bridgehead atoms. The summed E-state index contributed by atoms with van der Waals surface area (Å²) in [6.07, 6.45) is 3.03. The van der Waals surface area contributed by atoms with E-state index >= 15 is 0 Å². The number of carbonyl (C=O) groups is 2. The monoisotopic (exact) mass is 260 g/mol. The van der Waals surface area contributed by atoms with E-state index in [4.69, 9.17) is 15.2 Å². The maximum atomic E-state index is 11.4. The Morgan fingerprint density at radius 3 is 2.39 bits per heavy atom. The lowest BCUT2D eigenvalue weighted by Crippen LogP contribution is -2.40. The third-order valence-electron chi connectivity index (χ3n) is 2.34. The summed E-state index contributed by atoms with van der Waals surface area (Å²) in [4.78, 5) is 22.1. The molecule has 0 aromatic heterocycles. The van der Waals surface area contributed by atoms with E-state index in [0.29, 0.717) is 13.0 Å². The molecule has 1 unspecified atom stereocenters. The van der Waals surface area contributed by atoms with E-state index in [9.17, 15) is 9.59 Å². The van der Waals surface area contributed by atoms with Crippen molar-refractivity contribution in [2.75, 3.05) is 6.61 Å². The minimum Gasteiger partial charge on any atom is -0.449 e. The van der Waals surface area contributed by atoms with E-state index in [0.717, 1.165) is 32.1 Å². The minimum atomic E-state index is -0.901. The summed E-state index contributed by atoms with van der Waals surface area (Å²) in [5.41, 5.74) is 4.93. The van der Waals surface area contributed by atoms with Crippen molar-refractivity contribution in [1.82, 2.24) is 5.32 Å². The molecule has 0 saturated heterocycles. The van der Waals surface area contributed by atoms with E-state index in [1.165, 1.54) is 0 Å². The molecular weight excluding hydrogens is 236 g/mol. The van der Waals surface area contributed by atoms with Crippen LogP contribution >= 0.6 is 0 Å². The number of ether oxygens (including phenoxy) is 2. The molecule has 0 radical (unpaired) electrons. The quantitative estimate of drug-likeness (QED) is 0.492. The van der Waals surface area contributed by atoms with Crippen molar-refractivity contribution in [2.24, 2.45) is 5.73 Å². The maximum Gasteiger partial charge on any atom is 0.409 e. The molecule has 2 amide bonds. The number of primary amides is 1. The second-order valence-electron chi connectivity index (χ2n) is 4.06. The Labute approximate surface area is 108 Å². The number of nitrogens with two attached hydrogens (primary N) is 1. The lowest BCUT2D eigenvalue weighted by atomic mass is 10.2. The van der Waals surface area contributed by atoms with Gasteiger partial charge in [-0.15, -0.1) is 0 Å². The molecule has 0 spiro atoms. The number of carbonyl (C=O) groups excluding carboxylic acids is 2. The summed E-state index contributed by atoms with van der Waals surface area (Å²) in [5.74, 6) is 0. The van der Waals surface area contributed by atoms with Crippen molar-refractivity contribution in [3.63, 3.8) is 0 Å². The third kappa shape index (κ3) is 9.74. The molecule has 1 atom stereocenters. The van der Waals surface area contributed by atoms with Gasteiger partial charge in [0.15, 0.2) is 6.23 Å². The SMILES string of the molecule is CCCCCOC(=O)NC(CCCC)OC(N)=O. The standard InChI is InChI=1S/C12H24N2O4/c1-3-5-7-9-17-12(16)14-10(8-6-4-2)18-11(13)15/h10H,3-9H2,1-2H3,(H2,13,15)(H,14,16). The Balaban J connectivity index is 3.89. The Morgan fingerprint density at radius 2 is 1.83 bits per heavy atom. The van der Waals surface area contributed by atoms with Gasteiger partial charge in [-0.3, -0.25) is 5.32 Å². The highest BCUT2D eigenvalue weighted by atomic mass is 16.6. The van der Waals surface area contributed by atoms with Crippen LogP contribution in [0.15, 0.2) is 0 Å². The van der Waals surface area contributed by atoms with Gasteiger partial charge in [-0.2, -0.15) is 0 Å². The number of rotatable bonds is 9. The van der Waals surface area contributed by atoms with Crippen molar-refractivity contribution < 1.29 is 19.1 Å². The smallest absolute Gasteiger partial charge is 0.409 e. The molecule has 106 valence electrons. The van der Waals surface area contributed by atoms with Crippen molar-refractivity contribution in [2.45, 2.75) is 58.6 Å². The molecule has 18 heavy (non-hydrogen) atoms. The van der Waals surface area contributed by atoms with Crippen LogP contribution in [-0.2, 0) is 9.47 Å². The van der Waals surface area contributed by atoms with Crippen molar-refractivity contribution in [3.05, 3.63) is 0 Å². The van der Waals surface area contributed by atoms with E-state index in [-0.39, 0.29) is 0 Å². The fourth-order valence-corrected chi connectivity index (χ4v) is 1.38. The number of nitrogens with one attached hydrogen (secondary N) is 1. The lowest BCUT2D eigenvalue weighted by Gasteiger charge is -2.17. The number of hydrogen-bond donors (Lipinski definition) is 2. The van der Waals surface area contributed by atoms with Gasteiger partial charge in [0, 0.05) is 6.42 Å². The average molecular weight is 260 g/mol. The minimum absolute atomic E-state index is 0.372. The number of amides is 2. The second kappa shape index (κ2) is 10.7. The second-order valence-corrected chi connectivity index (χ2v) is 4.06. The number of alkyl carbamates (subject to hydrolysis) is 1. The van der Waals surface area contributed by atoms with Crippen LogP contribution in [0.1, 0.15) is 52.4 Å². The lowest BCUT2D eigenvalue weighted by molar-refractivity contribution is 0.0675. The van der Waals surface area contributed by atoms with Gasteiger partial charge >= 0.3 is 12.2 Å². The summed E-state index contributed by atoms with van der Waals surface area (Å²) in [6.45, 7) is 4.45. The first-order valence-corrected chi connectivity index (χ1v) is 6.49. The molecule has 0 aliphatic heterocycles. The maximum absolute atomic E-state index is 11.4. The Hall–Kier alpha value is -1.46. The van der Waals surface area contributed by atoms with E-state index in [1.807, 2.05) is 6.92 Å². The zero-order valence-electron chi connectivity index (χ0n) is 11.2. The number of unbranched alkanes of at least 4 members (excludes halogenated alkanes) is 3. The Bertz CT molecular complexity index is 246. The molecule has 0 aliphatic rings. The van der Waals surface area contributed by atoms with Gasteiger partial charge < -0.3 is 15.2 Å². The van der Waals surface area contributed by atoms with Crippen LogP contribution < -0.4 is 11.1 Å². The molecule has 0 aromatic carbocycles. The molecule has 3 N–H and O–H groups in total. The highest BCUT2D eigenvalue weighted by molar-refractivity contribution is 5.69. The zero-order chi connectivity index (χ0) is 13.8. The predicted molar refractivity (Wildman–Crippen MR) is 68.0 cm³/mol. The first kappa shape index (κ1) is 16.5. The van der Waals surface area contributed by atoms with Crippen LogP contribution in [0.4, 0.5) is 9.59 Å². The molecule has 0 heterocycles. The topological polar surface area (TPSA) is 90.7 Å². The van der Waals surface area contributed by atoms with Gasteiger partial charge in [-0.1, -0.05) is 33.1 Å². The Morgan fingerprint density at radius 1 is 1.17 bits per heavy atom. The van der Waals surface area contributed by atoms with Crippen molar-refractivity contribution in [3.8, 4) is 0 Å². The molecule has 6 heteroatoms. The number of hydrogen-bond acceptors (Lipinski definition) is 4. The van der Waals surface area contributed by atoms with Gasteiger partial charge in [0.1, 0.15) is 0 Å². The molecular formula is C12H24N2O4. The van der Waals surface area contributed by atoms with Crippen molar-refractivity contribution >= 4 is 12.2 Å². The van der Waals surface area contributed by atoms with E-state index in [2.05, 4.69) is 12.2 Å². The van der Waals surface area contributed by atoms with Crippen molar-refractivity contribution in [1.29, 1.82) is 0 Å². The summed E-state index contributed by atoms with van der Waals surface area (Å²) < 4.78 is 9.73. The van der Waals surface area contributed by atoms with Gasteiger partial charge in [0.25, 0.3) is 0 Å². The molecule has 0 saturated carbocycles. The largest absolute Gasteiger partial charge is 0.449 e. The van der Waals surface area contributed by atoms with Crippen LogP contribution in [0.2, 0.25) is 0 Å². The normalized spacial score (nSPS) is 11.7. The predicted octanol–water partition coefficient (Wildman–Crippen LogP) is 2.51. The van der Waals surface area contributed by atoms with Gasteiger partial charge in [-0.05, 0) is 12.8 Å². The molecule has 0 aliphatic carbocycles. The fourth-order valence-electron chi connectivity index (χ4n) is 1.38.